The summed E-state index contributed by atoms with van der Waals surface area (Å²) in [6, 6.07) is 7.31. The second kappa shape index (κ2) is 5.57. The first-order chi connectivity index (χ1) is 10.2. The standard InChI is InChI=1S/C15H17N3O3/c1-9(8-19)16-15(20)13-7-12(17-18-13)10-2-3-14-11(6-10)4-5-21-14/h2-3,6-7,9,19H,4-5,8H2,1H3,(H,16,20)(H,17,18)/t9-/m1/s1. The predicted molar refractivity (Wildman–Crippen MR) is 77.2 cm³/mol. The number of ether oxygens (including phenoxy) is 1. The Bertz CT molecular complexity index is 666. The fourth-order valence-electron chi connectivity index (χ4n) is 2.28. The number of aromatic nitrogens is 2. The van der Waals surface area contributed by atoms with E-state index in [1.165, 1.54) is 0 Å². The molecule has 110 valence electrons. The molecule has 0 saturated carbocycles. The summed E-state index contributed by atoms with van der Waals surface area (Å²) < 4.78 is 5.47. The summed E-state index contributed by atoms with van der Waals surface area (Å²) in [5, 5.41) is 18.5. The van der Waals surface area contributed by atoms with Crippen molar-refractivity contribution in [3.63, 3.8) is 0 Å². The second-order valence-electron chi connectivity index (χ2n) is 5.14. The summed E-state index contributed by atoms with van der Waals surface area (Å²) in [7, 11) is 0. The average molecular weight is 287 g/mol. The first-order valence-electron chi connectivity index (χ1n) is 6.90. The maximum Gasteiger partial charge on any atom is 0.269 e. The van der Waals surface area contributed by atoms with Crippen molar-refractivity contribution in [1.82, 2.24) is 15.5 Å². The monoisotopic (exact) mass is 287 g/mol. The fraction of sp³-hybridized carbons (Fsp3) is 0.333. The molecule has 1 aliphatic rings. The maximum atomic E-state index is 11.9. The van der Waals surface area contributed by atoms with E-state index in [4.69, 9.17) is 9.84 Å². The first kappa shape index (κ1) is 13.6. The number of nitrogens with one attached hydrogen (secondary N) is 2. The Labute approximate surface area is 122 Å². The number of aromatic amines is 1. The summed E-state index contributed by atoms with van der Waals surface area (Å²) >= 11 is 0. The Morgan fingerprint density at radius 1 is 1.52 bits per heavy atom. The molecule has 21 heavy (non-hydrogen) atoms. The summed E-state index contributed by atoms with van der Waals surface area (Å²) in [5.74, 6) is 0.642. The Balaban J connectivity index is 1.80. The molecule has 1 aromatic carbocycles. The van der Waals surface area contributed by atoms with E-state index >= 15 is 0 Å². The number of carbonyl (C=O) groups is 1. The highest BCUT2D eigenvalue weighted by Crippen LogP contribution is 2.29. The molecule has 0 saturated heterocycles. The number of amides is 1. The lowest BCUT2D eigenvalue weighted by Crippen LogP contribution is -2.35. The van der Waals surface area contributed by atoms with E-state index in [0.717, 1.165) is 23.3 Å². The molecule has 1 amide bonds. The van der Waals surface area contributed by atoms with E-state index in [1.807, 2.05) is 18.2 Å². The number of benzene rings is 1. The molecule has 0 bridgehead atoms. The van der Waals surface area contributed by atoms with Gasteiger partial charge in [-0.25, -0.2) is 0 Å². The van der Waals surface area contributed by atoms with E-state index in [0.29, 0.717) is 18.0 Å². The molecule has 0 spiro atoms. The molecule has 1 aliphatic heterocycles. The lowest BCUT2D eigenvalue weighted by Gasteiger charge is -2.08. The Hall–Kier alpha value is -2.34. The van der Waals surface area contributed by atoms with Crippen LogP contribution in [0.1, 0.15) is 23.0 Å². The van der Waals surface area contributed by atoms with Crippen LogP contribution in [-0.2, 0) is 6.42 Å². The van der Waals surface area contributed by atoms with Crippen LogP contribution in [0.5, 0.6) is 5.75 Å². The molecule has 6 nitrogen and oxygen atoms in total. The van der Waals surface area contributed by atoms with Crippen molar-refractivity contribution in [2.24, 2.45) is 0 Å². The summed E-state index contributed by atoms with van der Waals surface area (Å²) in [5.41, 5.74) is 3.20. The zero-order valence-corrected chi connectivity index (χ0v) is 11.7. The van der Waals surface area contributed by atoms with Crippen LogP contribution in [0.15, 0.2) is 24.3 Å². The van der Waals surface area contributed by atoms with Crippen LogP contribution in [0.25, 0.3) is 11.3 Å². The van der Waals surface area contributed by atoms with E-state index in [2.05, 4.69) is 15.5 Å². The molecular formula is C15H17N3O3. The van der Waals surface area contributed by atoms with E-state index < -0.39 is 0 Å². The predicted octanol–water partition coefficient (Wildman–Crippen LogP) is 1.12. The fourth-order valence-corrected chi connectivity index (χ4v) is 2.28. The third-order valence-corrected chi connectivity index (χ3v) is 3.46. The zero-order valence-electron chi connectivity index (χ0n) is 11.7. The highest BCUT2D eigenvalue weighted by Gasteiger charge is 2.16. The number of nitrogens with zero attached hydrogens (tertiary/aromatic N) is 1. The average Bonchev–Trinajstić information content (AvgIpc) is 3.15. The molecule has 3 rings (SSSR count). The van der Waals surface area contributed by atoms with Crippen LogP contribution >= 0.6 is 0 Å². The van der Waals surface area contributed by atoms with Crippen LogP contribution in [0, 0.1) is 0 Å². The van der Waals surface area contributed by atoms with E-state index in [1.54, 1.807) is 13.0 Å². The van der Waals surface area contributed by atoms with Gasteiger partial charge in [-0.2, -0.15) is 5.10 Å². The van der Waals surface area contributed by atoms with Gasteiger partial charge in [0.2, 0.25) is 0 Å². The molecule has 3 N–H and O–H groups in total. The molecule has 2 heterocycles. The Morgan fingerprint density at radius 2 is 2.38 bits per heavy atom. The van der Waals surface area contributed by atoms with Gasteiger partial charge in [-0.1, -0.05) is 0 Å². The number of rotatable bonds is 4. The van der Waals surface area contributed by atoms with Crippen molar-refractivity contribution in [2.45, 2.75) is 19.4 Å². The van der Waals surface area contributed by atoms with E-state index in [-0.39, 0.29) is 18.6 Å². The maximum absolute atomic E-state index is 11.9. The quantitative estimate of drug-likeness (QED) is 0.786. The van der Waals surface area contributed by atoms with Gasteiger partial charge < -0.3 is 15.2 Å². The molecule has 2 aromatic rings. The molecule has 0 aliphatic carbocycles. The second-order valence-corrected chi connectivity index (χ2v) is 5.14. The van der Waals surface area contributed by atoms with Crippen LogP contribution < -0.4 is 10.1 Å². The van der Waals surface area contributed by atoms with E-state index in [9.17, 15) is 4.79 Å². The van der Waals surface area contributed by atoms with Gasteiger partial charge in [-0.3, -0.25) is 9.89 Å². The van der Waals surface area contributed by atoms with Crippen molar-refractivity contribution in [3.05, 3.63) is 35.5 Å². The number of hydrogen-bond acceptors (Lipinski definition) is 4. The van der Waals surface area contributed by atoms with Gasteiger partial charge in [-0.05, 0) is 36.8 Å². The van der Waals surface area contributed by atoms with Gasteiger partial charge in [0.25, 0.3) is 5.91 Å². The first-order valence-corrected chi connectivity index (χ1v) is 6.90. The number of carbonyl (C=O) groups excluding carboxylic acids is 1. The molecule has 0 radical (unpaired) electrons. The van der Waals surface area contributed by atoms with Gasteiger partial charge in [0, 0.05) is 18.0 Å². The van der Waals surface area contributed by atoms with Gasteiger partial charge in [-0.15, -0.1) is 0 Å². The number of H-pyrrole nitrogens is 1. The molecule has 1 atom stereocenters. The summed E-state index contributed by atoms with van der Waals surface area (Å²) in [4.78, 5) is 11.9. The lowest BCUT2D eigenvalue weighted by molar-refractivity contribution is 0.0917. The molecule has 1 aromatic heterocycles. The molecular weight excluding hydrogens is 270 g/mol. The van der Waals surface area contributed by atoms with Crippen molar-refractivity contribution in [2.75, 3.05) is 13.2 Å². The summed E-state index contributed by atoms with van der Waals surface area (Å²) in [6.07, 6.45) is 0.898. The van der Waals surface area contributed by atoms with Gasteiger partial charge >= 0.3 is 0 Å². The third kappa shape index (κ3) is 2.75. The summed E-state index contributed by atoms with van der Waals surface area (Å²) in [6.45, 7) is 2.35. The highest BCUT2D eigenvalue weighted by molar-refractivity contribution is 5.93. The van der Waals surface area contributed by atoms with Gasteiger partial charge in [0.05, 0.1) is 18.9 Å². The van der Waals surface area contributed by atoms with Crippen LogP contribution in [0.4, 0.5) is 0 Å². The Morgan fingerprint density at radius 3 is 3.19 bits per heavy atom. The molecule has 0 fully saturated rings. The SMILES string of the molecule is C[C@H](CO)NC(=O)c1cc(-c2ccc3c(c2)CCO3)n[nH]1. The number of fused-ring (bicyclic) bond motifs is 1. The van der Waals surface area contributed by atoms with Crippen LogP contribution in [0.3, 0.4) is 0 Å². The topological polar surface area (TPSA) is 87.2 Å². The number of aliphatic hydroxyl groups is 1. The van der Waals surface area contributed by atoms with Gasteiger partial charge in [0.1, 0.15) is 11.4 Å². The normalized spacial score (nSPS) is 14.4. The van der Waals surface area contributed by atoms with Crippen molar-refractivity contribution in [1.29, 1.82) is 0 Å². The van der Waals surface area contributed by atoms with Crippen LogP contribution in [-0.4, -0.2) is 40.5 Å². The highest BCUT2D eigenvalue weighted by atomic mass is 16.5. The third-order valence-electron chi connectivity index (χ3n) is 3.46. The lowest BCUT2D eigenvalue weighted by atomic mass is 10.1. The van der Waals surface area contributed by atoms with Gasteiger partial charge in [0.15, 0.2) is 0 Å². The Kier molecular flexibility index (Phi) is 3.62. The number of aliphatic hydroxyl groups excluding tert-OH is 1. The largest absolute Gasteiger partial charge is 0.493 e. The van der Waals surface area contributed by atoms with Crippen molar-refractivity contribution >= 4 is 5.91 Å². The van der Waals surface area contributed by atoms with Crippen molar-refractivity contribution in [3.8, 4) is 17.0 Å². The minimum atomic E-state index is -0.290. The minimum Gasteiger partial charge on any atom is -0.493 e. The minimum absolute atomic E-state index is 0.0996. The molecule has 6 heteroatoms. The van der Waals surface area contributed by atoms with Crippen LogP contribution in [0.2, 0.25) is 0 Å². The smallest absolute Gasteiger partial charge is 0.269 e. The zero-order chi connectivity index (χ0) is 14.8. The number of hydrogen-bond donors (Lipinski definition) is 3. The van der Waals surface area contributed by atoms with Crippen molar-refractivity contribution < 1.29 is 14.6 Å². The molecule has 0 unspecified atom stereocenters.